The average molecular weight is 350 g/mol. The molecule has 0 aliphatic carbocycles. The van der Waals surface area contributed by atoms with Crippen LogP contribution in [0.4, 0.5) is 11.8 Å². The third-order valence-corrected chi connectivity index (χ3v) is 4.10. The molecule has 0 unspecified atom stereocenters. The maximum absolute atomic E-state index is 5.44. The van der Waals surface area contributed by atoms with E-state index in [1.807, 2.05) is 24.3 Å². The van der Waals surface area contributed by atoms with Crippen molar-refractivity contribution < 1.29 is 4.74 Å². The summed E-state index contributed by atoms with van der Waals surface area (Å²) in [7, 11) is 3.47. The van der Waals surface area contributed by atoms with Gasteiger partial charge in [0.1, 0.15) is 17.9 Å². The lowest BCUT2D eigenvalue weighted by Crippen LogP contribution is -2.12. The molecule has 26 heavy (non-hydrogen) atoms. The Balaban J connectivity index is 1.70. The van der Waals surface area contributed by atoms with Gasteiger partial charge in [0.2, 0.25) is 5.95 Å². The van der Waals surface area contributed by atoms with E-state index in [4.69, 9.17) is 4.74 Å². The summed E-state index contributed by atoms with van der Waals surface area (Å²) in [5.74, 6) is 2.50. The SMILES string of the molecule is CNc1ncc(-c2cc(NC[C@@H](C)c3ccccc3OC)ncn2)cn1. The standard InChI is InChI=1S/C19H22N6O/c1-13(15-6-4-5-7-17(15)26-3)9-21-18-8-16(24-12-25-18)14-10-22-19(20-2)23-11-14/h4-8,10-13H,9H2,1-3H3,(H,20,22,23)(H,21,24,25)/t13-/m1/s1. The molecule has 0 aliphatic rings. The molecule has 0 saturated heterocycles. The number of nitrogens with one attached hydrogen (secondary N) is 2. The summed E-state index contributed by atoms with van der Waals surface area (Å²) in [4.78, 5) is 17.0. The molecule has 0 radical (unpaired) electrons. The first-order chi connectivity index (χ1) is 12.7. The minimum Gasteiger partial charge on any atom is -0.496 e. The molecule has 0 spiro atoms. The van der Waals surface area contributed by atoms with E-state index in [1.165, 1.54) is 6.33 Å². The topological polar surface area (TPSA) is 84.9 Å². The van der Waals surface area contributed by atoms with E-state index < -0.39 is 0 Å². The Morgan fingerprint density at radius 2 is 1.85 bits per heavy atom. The van der Waals surface area contributed by atoms with Crippen LogP contribution in [0.3, 0.4) is 0 Å². The molecule has 2 N–H and O–H groups in total. The van der Waals surface area contributed by atoms with Gasteiger partial charge in [0.25, 0.3) is 0 Å². The highest BCUT2D eigenvalue weighted by Crippen LogP contribution is 2.26. The van der Waals surface area contributed by atoms with Crippen LogP contribution in [-0.4, -0.2) is 40.6 Å². The van der Waals surface area contributed by atoms with Gasteiger partial charge in [-0.3, -0.25) is 0 Å². The summed E-state index contributed by atoms with van der Waals surface area (Å²) in [6.07, 6.45) is 5.02. The lowest BCUT2D eigenvalue weighted by Gasteiger charge is -2.16. The van der Waals surface area contributed by atoms with E-state index in [-0.39, 0.29) is 5.92 Å². The molecule has 1 aromatic carbocycles. The van der Waals surface area contributed by atoms with Crippen LogP contribution >= 0.6 is 0 Å². The van der Waals surface area contributed by atoms with Gasteiger partial charge in [0.05, 0.1) is 12.8 Å². The molecule has 1 atom stereocenters. The predicted octanol–water partition coefficient (Wildman–Crippen LogP) is 3.20. The van der Waals surface area contributed by atoms with Crippen molar-refractivity contribution in [3.8, 4) is 17.0 Å². The van der Waals surface area contributed by atoms with Crippen molar-refractivity contribution >= 4 is 11.8 Å². The molecule has 0 amide bonds. The van der Waals surface area contributed by atoms with Crippen molar-refractivity contribution in [2.45, 2.75) is 12.8 Å². The van der Waals surface area contributed by atoms with Gasteiger partial charge >= 0.3 is 0 Å². The van der Waals surface area contributed by atoms with Crippen LogP contribution in [0.1, 0.15) is 18.4 Å². The highest BCUT2D eigenvalue weighted by atomic mass is 16.5. The van der Waals surface area contributed by atoms with Crippen LogP contribution in [-0.2, 0) is 0 Å². The fraction of sp³-hybridized carbons (Fsp3) is 0.263. The molecule has 3 rings (SSSR count). The van der Waals surface area contributed by atoms with Crippen LogP contribution in [0, 0.1) is 0 Å². The summed E-state index contributed by atoms with van der Waals surface area (Å²) in [6.45, 7) is 2.88. The zero-order chi connectivity index (χ0) is 18.4. The molecule has 7 nitrogen and oxygen atoms in total. The number of aromatic nitrogens is 4. The van der Waals surface area contributed by atoms with Crippen LogP contribution in [0.2, 0.25) is 0 Å². The Labute approximate surface area is 152 Å². The number of rotatable bonds is 7. The maximum atomic E-state index is 5.44. The molecule has 2 heterocycles. The highest BCUT2D eigenvalue weighted by Gasteiger charge is 2.11. The number of ether oxygens (including phenoxy) is 1. The number of para-hydroxylation sites is 1. The highest BCUT2D eigenvalue weighted by molar-refractivity contribution is 5.60. The molecule has 0 aliphatic heterocycles. The number of hydrogen-bond acceptors (Lipinski definition) is 7. The molecule has 0 fully saturated rings. The summed E-state index contributed by atoms with van der Waals surface area (Å²) in [6, 6.07) is 9.94. The van der Waals surface area contributed by atoms with Gasteiger partial charge in [-0.25, -0.2) is 19.9 Å². The van der Waals surface area contributed by atoms with E-state index in [1.54, 1.807) is 26.6 Å². The second kappa shape index (κ2) is 8.24. The van der Waals surface area contributed by atoms with Gasteiger partial charge in [0.15, 0.2) is 0 Å². The molecule has 134 valence electrons. The van der Waals surface area contributed by atoms with E-state index in [0.717, 1.165) is 34.9 Å². The van der Waals surface area contributed by atoms with Crippen molar-refractivity contribution in [1.29, 1.82) is 0 Å². The molecule has 0 bridgehead atoms. The van der Waals surface area contributed by atoms with Crippen LogP contribution < -0.4 is 15.4 Å². The van der Waals surface area contributed by atoms with Crippen LogP contribution in [0.25, 0.3) is 11.3 Å². The number of methoxy groups -OCH3 is 1. The van der Waals surface area contributed by atoms with Crippen molar-refractivity contribution in [2.75, 3.05) is 31.3 Å². The Kier molecular flexibility index (Phi) is 5.58. The number of benzene rings is 1. The van der Waals surface area contributed by atoms with Gasteiger partial charge in [-0.2, -0.15) is 0 Å². The fourth-order valence-corrected chi connectivity index (χ4v) is 2.64. The third-order valence-electron chi connectivity index (χ3n) is 4.10. The first-order valence-corrected chi connectivity index (χ1v) is 8.40. The van der Waals surface area contributed by atoms with E-state index in [2.05, 4.69) is 43.6 Å². The summed E-state index contributed by atoms with van der Waals surface area (Å²) in [5, 5.41) is 6.26. The Bertz CT molecular complexity index is 853. The van der Waals surface area contributed by atoms with Gasteiger partial charge in [-0.1, -0.05) is 25.1 Å². The minimum atomic E-state index is 0.266. The quantitative estimate of drug-likeness (QED) is 0.677. The molecule has 3 aromatic rings. The van der Waals surface area contributed by atoms with Crippen molar-refractivity contribution in [1.82, 2.24) is 19.9 Å². The van der Waals surface area contributed by atoms with Gasteiger partial charge < -0.3 is 15.4 Å². The largest absolute Gasteiger partial charge is 0.496 e. The Hall–Kier alpha value is -3.22. The summed E-state index contributed by atoms with van der Waals surface area (Å²) < 4.78 is 5.44. The molecular formula is C19H22N6O. The van der Waals surface area contributed by atoms with E-state index >= 15 is 0 Å². The molecule has 0 saturated carbocycles. The number of nitrogens with zero attached hydrogens (tertiary/aromatic N) is 4. The smallest absolute Gasteiger partial charge is 0.222 e. The predicted molar refractivity (Wildman–Crippen MR) is 103 cm³/mol. The van der Waals surface area contributed by atoms with Crippen molar-refractivity contribution in [3.63, 3.8) is 0 Å². The van der Waals surface area contributed by atoms with Crippen molar-refractivity contribution in [2.24, 2.45) is 0 Å². The molecule has 7 heteroatoms. The first kappa shape index (κ1) is 17.6. The number of anilines is 2. The van der Waals surface area contributed by atoms with Crippen LogP contribution in [0.15, 0.2) is 49.1 Å². The van der Waals surface area contributed by atoms with Crippen molar-refractivity contribution in [3.05, 3.63) is 54.6 Å². The second-order valence-corrected chi connectivity index (χ2v) is 5.86. The third kappa shape index (κ3) is 4.05. The average Bonchev–Trinajstić information content (AvgIpc) is 2.72. The minimum absolute atomic E-state index is 0.266. The van der Waals surface area contributed by atoms with Gasteiger partial charge in [-0.05, 0) is 11.6 Å². The molecule has 2 aromatic heterocycles. The summed E-state index contributed by atoms with van der Waals surface area (Å²) in [5.41, 5.74) is 2.77. The Morgan fingerprint density at radius 3 is 2.58 bits per heavy atom. The first-order valence-electron chi connectivity index (χ1n) is 8.40. The van der Waals surface area contributed by atoms with Gasteiger partial charge in [0, 0.05) is 43.5 Å². The normalized spacial score (nSPS) is 11.7. The number of hydrogen-bond donors (Lipinski definition) is 2. The fourth-order valence-electron chi connectivity index (χ4n) is 2.64. The lowest BCUT2D eigenvalue weighted by atomic mass is 10.00. The lowest BCUT2D eigenvalue weighted by molar-refractivity contribution is 0.407. The zero-order valence-electron chi connectivity index (χ0n) is 15.1. The second-order valence-electron chi connectivity index (χ2n) is 5.86. The van der Waals surface area contributed by atoms with E-state index in [0.29, 0.717) is 5.95 Å². The van der Waals surface area contributed by atoms with Crippen LogP contribution in [0.5, 0.6) is 5.75 Å². The van der Waals surface area contributed by atoms with Gasteiger partial charge in [-0.15, -0.1) is 0 Å². The monoisotopic (exact) mass is 350 g/mol. The molecular weight excluding hydrogens is 328 g/mol. The summed E-state index contributed by atoms with van der Waals surface area (Å²) >= 11 is 0. The zero-order valence-corrected chi connectivity index (χ0v) is 15.1. The maximum Gasteiger partial charge on any atom is 0.222 e. The Morgan fingerprint density at radius 1 is 1.08 bits per heavy atom. The van der Waals surface area contributed by atoms with E-state index in [9.17, 15) is 0 Å².